The summed E-state index contributed by atoms with van der Waals surface area (Å²) in [6, 6.07) is 12.1. The molecule has 0 saturated carbocycles. The molecular formula is C24H26N8O. The van der Waals surface area contributed by atoms with Crippen LogP contribution in [-0.2, 0) is 4.79 Å². The molecule has 5 rings (SSSR count). The number of aromatic nitrogens is 4. The number of pyridine rings is 1. The lowest BCUT2D eigenvalue weighted by Gasteiger charge is -2.35. The molecule has 1 amide bonds. The molecule has 9 heteroatoms. The van der Waals surface area contributed by atoms with Crippen molar-refractivity contribution in [3.05, 3.63) is 55.0 Å². The molecule has 1 aliphatic rings. The van der Waals surface area contributed by atoms with Gasteiger partial charge >= 0.3 is 0 Å². The summed E-state index contributed by atoms with van der Waals surface area (Å²) in [7, 11) is 1.86. The SMILES string of the molecule is CNc1nc(Nc2ccc(N3CCN(C(C)=O)CC3)cc2)nc2[nH]cc(-c3ccncc3)c12. The maximum absolute atomic E-state index is 11.5. The van der Waals surface area contributed by atoms with E-state index in [4.69, 9.17) is 4.98 Å². The Balaban J connectivity index is 1.35. The van der Waals surface area contributed by atoms with Crippen LogP contribution in [0.2, 0.25) is 0 Å². The summed E-state index contributed by atoms with van der Waals surface area (Å²) >= 11 is 0. The highest BCUT2D eigenvalue weighted by atomic mass is 16.2. The highest BCUT2D eigenvalue weighted by Crippen LogP contribution is 2.33. The van der Waals surface area contributed by atoms with Crippen molar-refractivity contribution < 1.29 is 4.79 Å². The number of benzene rings is 1. The van der Waals surface area contributed by atoms with Gasteiger partial charge in [0.05, 0.1) is 5.39 Å². The largest absolute Gasteiger partial charge is 0.372 e. The first-order valence-electron chi connectivity index (χ1n) is 11.0. The number of rotatable bonds is 5. The fourth-order valence-electron chi connectivity index (χ4n) is 4.19. The van der Waals surface area contributed by atoms with E-state index in [1.165, 1.54) is 0 Å². The lowest BCUT2D eigenvalue weighted by molar-refractivity contribution is -0.129. The number of fused-ring (bicyclic) bond motifs is 1. The third-order valence-corrected chi connectivity index (χ3v) is 5.97. The number of nitrogens with one attached hydrogen (secondary N) is 3. The van der Waals surface area contributed by atoms with Crippen LogP contribution in [0.25, 0.3) is 22.2 Å². The van der Waals surface area contributed by atoms with Gasteiger partial charge in [-0.3, -0.25) is 9.78 Å². The molecule has 3 aromatic heterocycles. The van der Waals surface area contributed by atoms with Crippen LogP contribution in [0.1, 0.15) is 6.92 Å². The molecule has 0 spiro atoms. The Morgan fingerprint density at radius 2 is 1.73 bits per heavy atom. The minimum absolute atomic E-state index is 0.141. The van der Waals surface area contributed by atoms with E-state index in [9.17, 15) is 4.79 Å². The van der Waals surface area contributed by atoms with Gasteiger partial charge in [-0.05, 0) is 42.0 Å². The van der Waals surface area contributed by atoms with Gasteiger partial charge in [0, 0.05) is 75.7 Å². The standard InChI is InChI=1S/C24H26N8O/c1-16(33)31-11-13-32(14-12-31)19-5-3-18(4-6-19)28-24-29-22(25-2)21-20(15-27-23(21)30-24)17-7-9-26-10-8-17/h3-10,15H,11-14H2,1-2H3,(H3,25,27,28,29,30). The second-order valence-electron chi connectivity index (χ2n) is 7.97. The number of anilines is 4. The monoisotopic (exact) mass is 442 g/mol. The molecule has 168 valence electrons. The topological polar surface area (TPSA) is 102 Å². The van der Waals surface area contributed by atoms with E-state index in [-0.39, 0.29) is 5.91 Å². The van der Waals surface area contributed by atoms with Crippen LogP contribution in [0.3, 0.4) is 0 Å². The van der Waals surface area contributed by atoms with E-state index >= 15 is 0 Å². The first-order chi connectivity index (χ1) is 16.1. The summed E-state index contributed by atoms with van der Waals surface area (Å²) in [5.41, 5.74) is 4.88. The third-order valence-electron chi connectivity index (χ3n) is 5.97. The molecule has 1 saturated heterocycles. The molecule has 4 aromatic rings. The van der Waals surface area contributed by atoms with Crippen molar-refractivity contribution in [2.24, 2.45) is 0 Å². The fraction of sp³-hybridized carbons (Fsp3) is 0.250. The Labute approximate surface area is 191 Å². The highest BCUT2D eigenvalue weighted by Gasteiger charge is 2.19. The highest BCUT2D eigenvalue weighted by molar-refractivity contribution is 6.01. The number of nitrogens with zero attached hydrogens (tertiary/aromatic N) is 5. The van der Waals surface area contributed by atoms with Crippen molar-refractivity contribution in [1.82, 2.24) is 24.8 Å². The number of piperazine rings is 1. The van der Waals surface area contributed by atoms with Gasteiger partial charge in [-0.2, -0.15) is 9.97 Å². The minimum atomic E-state index is 0.141. The van der Waals surface area contributed by atoms with E-state index in [2.05, 4.69) is 42.6 Å². The predicted molar refractivity (Wildman–Crippen MR) is 131 cm³/mol. The van der Waals surface area contributed by atoms with Gasteiger partial charge in [0.1, 0.15) is 11.5 Å². The molecule has 33 heavy (non-hydrogen) atoms. The van der Waals surface area contributed by atoms with Gasteiger partial charge < -0.3 is 25.4 Å². The molecule has 1 fully saturated rings. The summed E-state index contributed by atoms with van der Waals surface area (Å²) in [6.45, 7) is 4.82. The Morgan fingerprint density at radius 3 is 2.39 bits per heavy atom. The number of aromatic amines is 1. The molecule has 3 N–H and O–H groups in total. The number of hydrogen-bond donors (Lipinski definition) is 3. The summed E-state index contributed by atoms with van der Waals surface area (Å²) in [5, 5.41) is 7.44. The number of amides is 1. The van der Waals surface area contributed by atoms with E-state index in [0.29, 0.717) is 5.95 Å². The first kappa shape index (κ1) is 20.7. The predicted octanol–water partition coefficient (Wildman–Crippen LogP) is 3.47. The lowest BCUT2D eigenvalue weighted by Crippen LogP contribution is -2.48. The van der Waals surface area contributed by atoms with E-state index < -0.39 is 0 Å². The Bertz CT molecular complexity index is 1260. The lowest BCUT2D eigenvalue weighted by atomic mass is 10.1. The van der Waals surface area contributed by atoms with E-state index in [1.54, 1.807) is 19.3 Å². The average Bonchev–Trinajstić information content (AvgIpc) is 3.29. The van der Waals surface area contributed by atoms with Crippen LogP contribution >= 0.6 is 0 Å². The van der Waals surface area contributed by atoms with E-state index in [1.807, 2.05) is 42.4 Å². The van der Waals surface area contributed by atoms with Crippen LogP contribution in [0, 0.1) is 0 Å². The first-order valence-corrected chi connectivity index (χ1v) is 11.0. The second-order valence-corrected chi connectivity index (χ2v) is 7.97. The fourth-order valence-corrected chi connectivity index (χ4v) is 4.19. The number of hydrogen-bond acceptors (Lipinski definition) is 7. The molecule has 1 aromatic carbocycles. The van der Waals surface area contributed by atoms with Crippen molar-refractivity contribution in [2.45, 2.75) is 6.92 Å². The molecule has 0 atom stereocenters. The number of carbonyl (C=O) groups excluding carboxylic acids is 1. The van der Waals surface area contributed by atoms with Crippen molar-refractivity contribution in [3.8, 4) is 11.1 Å². The molecule has 0 bridgehead atoms. The van der Waals surface area contributed by atoms with Gasteiger partial charge in [0.15, 0.2) is 0 Å². The van der Waals surface area contributed by atoms with Gasteiger partial charge in [-0.25, -0.2) is 0 Å². The minimum Gasteiger partial charge on any atom is -0.372 e. The zero-order chi connectivity index (χ0) is 22.8. The molecule has 9 nitrogen and oxygen atoms in total. The summed E-state index contributed by atoms with van der Waals surface area (Å²) in [5.74, 6) is 1.40. The molecule has 0 radical (unpaired) electrons. The van der Waals surface area contributed by atoms with Crippen molar-refractivity contribution in [1.29, 1.82) is 0 Å². The molecule has 0 unspecified atom stereocenters. The number of carbonyl (C=O) groups is 1. The van der Waals surface area contributed by atoms with Gasteiger partial charge in [-0.1, -0.05) is 0 Å². The third kappa shape index (κ3) is 4.17. The van der Waals surface area contributed by atoms with Crippen LogP contribution < -0.4 is 15.5 Å². The summed E-state index contributed by atoms with van der Waals surface area (Å²) in [6.07, 6.45) is 5.49. The quantitative estimate of drug-likeness (QED) is 0.435. The molecule has 4 heterocycles. The van der Waals surface area contributed by atoms with Crippen molar-refractivity contribution in [2.75, 3.05) is 48.8 Å². The van der Waals surface area contributed by atoms with Crippen LogP contribution in [0.4, 0.5) is 23.1 Å². The Kier molecular flexibility index (Phi) is 5.52. The van der Waals surface area contributed by atoms with Crippen molar-refractivity contribution >= 4 is 40.1 Å². The number of H-pyrrole nitrogens is 1. The zero-order valence-electron chi connectivity index (χ0n) is 18.7. The Morgan fingerprint density at radius 1 is 1.00 bits per heavy atom. The maximum atomic E-state index is 11.5. The molecule has 0 aliphatic carbocycles. The second kappa shape index (κ2) is 8.78. The van der Waals surface area contributed by atoms with Crippen LogP contribution in [0.15, 0.2) is 55.0 Å². The smallest absolute Gasteiger partial charge is 0.231 e. The average molecular weight is 443 g/mol. The van der Waals surface area contributed by atoms with Crippen LogP contribution in [0.5, 0.6) is 0 Å². The van der Waals surface area contributed by atoms with Crippen molar-refractivity contribution in [3.63, 3.8) is 0 Å². The van der Waals surface area contributed by atoms with E-state index in [0.717, 1.165) is 65.5 Å². The zero-order valence-corrected chi connectivity index (χ0v) is 18.7. The Hall–Kier alpha value is -4.14. The molecule has 1 aliphatic heterocycles. The van der Waals surface area contributed by atoms with Gasteiger partial charge in [-0.15, -0.1) is 0 Å². The van der Waals surface area contributed by atoms with Gasteiger partial charge in [0.25, 0.3) is 0 Å². The normalized spacial score (nSPS) is 13.9. The summed E-state index contributed by atoms with van der Waals surface area (Å²) < 4.78 is 0. The summed E-state index contributed by atoms with van der Waals surface area (Å²) in [4.78, 5) is 32.5. The van der Waals surface area contributed by atoms with Gasteiger partial charge in [0.2, 0.25) is 11.9 Å². The maximum Gasteiger partial charge on any atom is 0.231 e. The van der Waals surface area contributed by atoms with Crippen LogP contribution in [-0.4, -0.2) is 64.0 Å². The molecular weight excluding hydrogens is 416 g/mol.